The molecule has 0 spiro atoms. The lowest BCUT2D eigenvalue weighted by Crippen LogP contribution is -2.56. The molecule has 5 nitrogen and oxygen atoms in total. The van der Waals surface area contributed by atoms with Crippen LogP contribution in [0.1, 0.15) is 25.7 Å². The molecule has 2 fully saturated rings. The Kier molecular flexibility index (Phi) is 5.72. The third-order valence-electron chi connectivity index (χ3n) is 4.33. The second-order valence-electron chi connectivity index (χ2n) is 5.72. The van der Waals surface area contributed by atoms with Crippen LogP contribution < -0.4 is 0 Å². The van der Waals surface area contributed by atoms with E-state index >= 15 is 0 Å². The van der Waals surface area contributed by atoms with Crippen molar-refractivity contribution in [1.29, 1.82) is 0 Å². The quantitative estimate of drug-likeness (QED) is 0.745. The minimum atomic E-state index is -0.757. The summed E-state index contributed by atoms with van der Waals surface area (Å²) in [5, 5.41) is 8.89. The molecule has 2 saturated heterocycles. The first kappa shape index (κ1) is 15.6. The van der Waals surface area contributed by atoms with Crippen LogP contribution >= 0.6 is 11.8 Å². The molecule has 2 aliphatic rings. The number of hydrogen-bond acceptors (Lipinski definition) is 4. The normalized spacial score (nSPS) is 27.4. The number of piperidine rings is 2. The minimum Gasteiger partial charge on any atom is -0.480 e. The van der Waals surface area contributed by atoms with Gasteiger partial charge in [-0.25, -0.2) is 0 Å². The molecule has 20 heavy (non-hydrogen) atoms. The van der Waals surface area contributed by atoms with E-state index in [4.69, 9.17) is 5.11 Å². The summed E-state index contributed by atoms with van der Waals surface area (Å²) >= 11 is 1.82. The van der Waals surface area contributed by atoms with Gasteiger partial charge in [0.2, 0.25) is 5.91 Å². The van der Waals surface area contributed by atoms with Crippen LogP contribution in [0.3, 0.4) is 0 Å². The molecule has 0 unspecified atom stereocenters. The first-order valence-electron chi connectivity index (χ1n) is 7.34. The van der Waals surface area contributed by atoms with Gasteiger partial charge in [0, 0.05) is 32.1 Å². The fraction of sp³-hybridized carbons (Fsp3) is 0.857. The molecule has 0 radical (unpaired) electrons. The third kappa shape index (κ3) is 3.88. The van der Waals surface area contributed by atoms with Crippen molar-refractivity contribution in [3.63, 3.8) is 0 Å². The summed E-state index contributed by atoms with van der Waals surface area (Å²) in [6.07, 6.45) is 5.60. The van der Waals surface area contributed by atoms with Gasteiger partial charge >= 0.3 is 5.97 Å². The molecular formula is C14H24N2O3S. The summed E-state index contributed by atoms with van der Waals surface area (Å²) < 4.78 is 0. The number of thioether (sulfide) groups is 1. The average Bonchev–Trinajstić information content (AvgIpc) is 2.41. The molecule has 0 bridgehead atoms. The topological polar surface area (TPSA) is 60.9 Å². The summed E-state index contributed by atoms with van der Waals surface area (Å²) in [5.74, 6) is 1.08. The van der Waals surface area contributed by atoms with Crippen molar-refractivity contribution in [2.24, 2.45) is 5.92 Å². The minimum absolute atomic E-state index is 0.129. The van der Waals surface area contributed by atoms with Crippen LogP contribution in [-0.4, -0.2) is 71.0 Å². The first-order valence-corrected chi connectivity index (χ1v) is 8.73. The number of carbonyl (C=O) groups is 2. The van der Waals surface area contributed by atoms with E-state index in [1.807, 2.05) is 16.7 Å². The molecule has 1 amide bonds. The van der Waals surface area contributed by atoms with E-state index in [2.05, 4.69) is 11.2 Å². The van der Waals surface area contributed by atoms with Gasteiger partial charge in [0.25, 0.3) is 0 Å². The first-order chi connectivity index (χ1) is 9.61. The monoisotopic (exact) mass is 300 g/mol. The number of carboxylic acid groups (broad SMARTS) is 1. The average molecular weight is 300 g/mol. The largest absolute Gasteiger partial charge is 0.480 e. The molecule has 2 heterocycles. The molecule has 0 aromatic rings. The second-order valence-corrected chi connectivity index (χ2v) is 6.70. The van der Waals surface area contributed by atoms with Gasteiger partial charge in [0.1, 0.15) is 0 Å². The molecule has 0 aliphatic carbocycles. The maximum Gasteiger partial charge on any atom is 0.317 e. The molecule has 114 valence electrons. The molecule has 0 saturated carbocycles. The molecule has 2 rings (SSSR count). The number of amides is 1. The van der Waals surface area contributed by atoms with E-state index in [0.29, 0.717) is 24.3 Å². The van der Waals surface area contributed by atoms with Crippen LogP contribution in [-0.2, 0) is 9.59 Å². The Morgan fingerprint density at radius 1 is 1.45 bits per heavy atom. The number of rotatable bonds is 6. The maximum atomic E-state index is 12.1. The third-order valence-corrected chi connectivity index (χ3v) is 5.03. The zero-order chi connectivity index (χ0) is 14.5. The maximum absolute atomic E-state index is 12.1. The summed E-state index contributed by atoms with van der Waals surface area (Å²) in [5.41, 5.74) is 0. The Morgan fingerprint density at radius 3 is 2.95 bits per heavy atom. The number of fused-ring (bicyclic) bond motifs is 1. The second kappa shape index (κ2) is 7.31. The molecule has 2 aliphatic heterocycles. The molecule has 1 N–H and O–H groups in total. The Labute approximate surface area is 124 Å². The Hall–Kier alpha value is -0.750. The van der Waals surface area contributed by atoms with Crippen LogP contribution in [0.15, 0.2) is 0 Å². The van der Waals surface area contributed by atoms with E-state index < -0.39 is 5.97 Å². The smallest absolute Gasteiger partial charge is 0.317 e. The van der Waals surface area contributed by atoms with Crippen molar-refractivity contribution >= 4 is 23.6 Å². The van der Waals surface area contributed by atoms with E-state index in [0.717, 1.165) is 44.6 Å². The van der Waals surface area contributed by atoms with Gasteiger partial charge in [-0.05, 0) is 37.2 Å². The van der Waals surface area contributed by atoms with Crippen molar-refractivity contribution in [3.05, 3.63) is 0 Å². The standard InChI is InChI=1S/C14H24N2O3S/c1-20-8-2-6-16-12-5-7-15(10-14(18)19)9-11(12)3-4-13(16)17/h11-12H,2-10H2,1H3,(H,18,19)/t11-,12+/m0/s1. The molecule has 6 heteroatoms. The van der Waals surface area contributed by atoms with Crippen molar-refractivity contribution in [2.45, 2.75) is 31.7 Å². The lowest BCUT2D eigenvalue weighted by Gasteiger charge is -2.47. The van der Waals surface area contributed by atoms with Gasteiger partial charge in [-0.2, -0.15) is 11.8 Å². The van der Waals surface area contributed by atoms with Crippen molar-refractivity contribution < 1.29 is 14.7 Å². The number of carbonyl (C=O) groups excluding carboxylic acids is 1. The van der Waals surface area contributed by atoms with Crippen LogP contribution in [0.5, 0.6) is 0 Å². The highest BCUT2D eigenvalue weighted by molar-refractivity contribution is 7.98. The van der Waals surface area contributed by atoms with Crippen LogP contribution in [0.2, 0.25) is 0 Å². The highest BCUT2D eigenvalue weighted by atomic mass is 32.2. The van der Waals surface area contributed by atoms with Gasteiger partial charge in [0.05, 0.1) is 6.54 Å². The Morgan fingerprint density at radius 2 is 2.25 bits per heavy atom. The number of carboxylic acids is 1. The van der Waals surface area contributed by atoms with Crippen molar-refractivity contribution in [1.82, 2.24) is 9.80 Å². The number of hydrogen-bond donors (Lipinski definition) is 1. The highest BCUT2D eigenvalue weighted by Gasteiger charge is 2.39. The van der Waals surface area contributed by atoms with Crippen LogP contribution in [0, 0.1) is 5.92 Å². The Bertz CT molecular complexity index is 364. The molecule has 0 aromatic carbocycles. The fourth-order valence-electron chi connectivity index (χ4n) is 3.43. The Balaban J connectivity index is 1.92. The van der Waals surface area contributed by atoms with Gasteiger partial charge in [-0.3, -0.25) is 14.5 Å². The predicted molar refractivity (Wildman–Crippen MR) is 79.9 cm³/mol. The zero-order valence-electron chi connectivity index (χ0n) is 12.1. The molecule has 0 aromatic heterocycles. The summed E-state index contributed by atoms with van der Waals surface area (Å²) in [6.45, 7) is 2.60. The lowest BCUT2D eigenvalue weighted by molar-refractivity contribution is -0.144. The van der Waals surface area contributed by atoms with Crippen molar-refractivity contribution in [2.75, 3.05) is 38.2 Å². The SMILES string of the molecule is CSCCCN1C(=O)CC[C@H]2CN(CC(=O)O)CC[C@H]21. The molecule has 2 atom stereocenters. The fourth-order valence-corrected chi connectivity index (χ4v) is 3.85. The van der Waals surface area contributed by atoms with E-state index in [-0.39, 0.29) is 6.54 Å². The van der Waals surface area contributed by atoms with Gasteiger partial charge in [-0.15, -0.1) is 0 Å². The number of nitrogens with zero attached hydrogens (tertiary/aromatic N) is 2. The van der Waals surface area contributed by atoms with E-state index in [1.165, 1.54) is 0 Å². The van der Waals surface area contributed by atoms with E-state index in [9.17, 15) is 9.59 Å². The summed E-state index contributed by atoms with van der Waals surface area (Å²) in [6, 6.07) is 0.336. The van der Waals surface area contributed by atoms with Crippen LogP contribution in [0.4, 0.5) is 0 Å². The summed E-state index contributed by atoms with van der Waals surface area (Å²) in [7, 11) is 0. The molecular weight excluding hydrogens is 276 g/mol. The lowest BCUT2D eigenvalue weighted by atomic mass is 9.83. The van der Waals surface area contributed by atoms with Gasteiger partial charge in [0.15, 0.2) is 0 Å². The van der Waals surface area contributed by atoms with E-state index in [1.54, 1.807) is 0 Å². The number of likely N-dealkylation sites (tertiary alicyclic amines) is 2. The predicted octanol–water partition coefficient (Wildman–Crippen LogP) is 1.14. The van der Waals surface area contributed by atoms with Crippen LogP contribution in [0.25, 0.3) is 0 Å². The zero-order valence-corrected chi connectivity index (χ0v) is 12.9. The van der Waals surface area contributed by atoms with Crippen molar-refractivity contribution in [3.8, 4) is 0 Å². The summed E-state index contributed by atoms with van der Waals surface area (Å²) in [4.78, 5) is 27.0. The highest BCUT2D eigenvalue weighted by Crippen LogP contribution is 2.31. The van der Waals surface area contributed by atoms with Gasteiger partial charge in [-0.1, -0.05) is 0 Å². The van der Waals surface area contributed by atoms with Gasteiger partial charge < -0.3 is 10.0 Å². The number of aliphatic carboxylic acids is 1.